The predicted octanol–water partition coefficient (Wildman–Crippen LogP) is 1.53. The van der Waals surface area contributed by atoms with E-state index < -0.39 is 0 Å². The van der Waals surface area contributed by atoms with Gasteiger partial charge in [-0.1, -0.05) is 12.1 Å². The molecule has 0 radical (unpaired) electrons. The van der Waals surface area contributed by atoms with E-state index in [9.17, 15) is 9.59 Å². The maximum absolute atomic E-state index is 12.6. The Kier molecular flexibility index (Phi) is 5.33. The number of methoxy groups -OCH3 is 1. The van der Waals surface area contributed by atoms with Crippen LogP contribution in [-0.4, -0.2) is 54.9 Å². The van der Waals surface area contributed by atoms with E-state index in [4.69, 9.17) is 4.74 Å². The summed E-state index contributed by atoms with van der Waals surface area (Å²) in [6.07, 6.45) is 0.823. The molecule has 114 valence electrons. The van der Waals surface area contributed by atoms with Crippen LogP contribution in [-0.2, 0) is 16.1 Å². The molecule has 0 atom stereocenters. The highest BCUT2D eigenvalue weighted by Crippen LogP contribution is 2.12. The first-order valence-electron chi connectivity index (χ1n) is 7.24. The van der Waals surface area contributed by atoms with Crippen LogP contribution >= 0.6 is 0 Å². The molecule has 2 rings (SSSR count). The number of carbonyl (C=O) groups is 2. The Morgan fingerprint density at radius 2 is 1.86 bits per heavy atom. The molecule has 1 saturated heterocycles. The molecule has 0 aromatic heterocycles. The summed E-state index contributed by atoms with van der Waals surface area (Å²) in [6, 6.07) is 7.52. The smallest absolute Gasteiger partial charge is 0.253 e. The number of hydrogen-bond donors (Lipinski definition) is 0. The van der Waals surface area contributed by atoms with Gasteiger partial charge in [-0.05, 0) is 24.1 Å². The molecule has 0 unspecified atom stereocenters. The van der Waals surface area contributed by atoms with Crippen molar-refractivity contribution in [1.29, 1.82) is 0 Å². The maximum atomic E-state index is 12.6. The Labute approximate surface area is 125 Å². The number of rotatable bonds is 3. The molecule has 2 amide bonds. The second kappa shape index (κ2) is 7.22. The molecule has 21 heavy (non-hydrogen) atoms. The largest absolute Gasteiger partial charge is 0.380 e. The third-order valence-electron chi connectivity index (χ3n) is 3.71. The molecule has 0 N–H and O–H groups in total. The summed E-state index contributed by atoms with van der Waals surface area (Å²) in [5.41, 5.74) is 1.67. The molecule has 1 aliphatic heterocycles. The highest BCUT2D eigenvalue weighted by Gasteiger charge is 2.21. The van der Waals surface area contributed by atoms with Gasteiger partial charge in [0, 0.05) is 45.8 Å². The fourth-order valence-electron chi connectivity index (χ4n) is 2.58. The Morgan fingerprint density at radius 3 is 2.57 bits per heavy atom. The van der Waals surface area contributed by atoms with E-state index in [0.29, 0.717) is 31.8 Å². The maximum Gasteiger partial charge on any atom is 0.253 e. The lowest BCUT2D eigenvalue weighted by atomic mass is 10.1. The molecule has 0 saturated carbocycles. The van der Waals surface area contributed by atoms with Crippen molar-refractivity contribution in [3.05, 3.63) is 35.4 Å². The molecule has 0 aliphatic carbocycles. The molecular weight excluding hydrogens is 268 g/mol. The van der Waals surface area contributed by atoms with Gasteiger partial charge in [0.15, 0.2) is 0 Å². The first-order chi connectivity index (χ1) is 10.1. The second-order valence-electron chi connectivity index (χ2n) is 5.29. The van der Waals surface area contributed by atoms with E-state index in [1.807, 2.05) is 29.2 Å². The number of hydrogen-bond acceptors (Lipinski definition) is 3. The van der Waals surface area contributed by atoms with Gasteiger partial charge in [0.1, 0.15) is 0 Å². The van der Waals surface area contributed by atoms with Crippen molar-refractivity contribution in [3.63, 3.8) is 0 Å². The fraction of sp³-hybridized carbons (Fsp3) is 0.500. The van der Waals surface area contributed by atoms with E-state index >= 15 is 0 Å². The summed E-state index contributed by atoms with van der Waals surface area (Å²) in [4.78, 5) is 27.6. The van der Waals surface area contributed by atoms with Crippen molar-refractivity contribution >= 4 is 11.8 Å². The molecule has 1 heterocycles. The number of ether oxygens (including phenoxy) is 1. The second-order valence-corrected chi connectivity index (χ2v) is 5.29. The average Bonchev–Trinajstić information content (AvgIpc) is 2.73. The van der Waals surface area contributed by atoms with Gasteiger partial charge in [-0.15, -0.1) is 0 Å². The van der Waals surface area contributed by atoms with E-state index in [0.717, 1.165) is 18.5 Å². The Balaban J connectivity index is 2.05. The zero-order valence-corrected chi connectivity index (χ0v) is 12.7. The van der Waals surface area contributed by atoms with E-state index in [-0.39, 0.29) is 11.8 Å². The Morgan fingerprint density at radius 1 is 1.14 bits per heavy atom. The summed E-state index contributed by atoms with van der Waals surface area (Å²) in [6.45, 7) is 4.69. The van der Waals surface area contributed by atoms with Crippen molar-refractivity contribution < 1.29 is 14.3 Å². The van der Waals surface area contributed by atoms with Crippen LogP contribution in [0.1, 0.15) is 29.3 Å². The minimum absolute atomic E-state index is 0.0263. The lowest BCUT2D eigenvalue weighted by Crippen LogP contribution is -2.36. The summed E-state index contributed by atoms with van der Waals surface area (Å²) < 4.78 is 5.10. The molecular formula is C16H22N2O3. The van der Waals surface area contributed by atoms with Crippen molar-refractivity contribution in [1.82, 2.24) is 9.80 Å². The quantitative estimate of drug-likeness (QED) is 0.848. The van der Waals surface area contributed by atoms with Crippen LogP contribution in [0.3, 0.4) is 0 Å². The predicted molar refractivity (Wildman–Crippen MR) is 79.9 cm³/mol. The minimum Gasteiger partial charge on any atom is -0.380 e. The third-order valence-corrected chi connectivity index (χ3v) is 3.71. The lowest BCUT2D eigenvalue weighted by Gasteiger charge is -2.21. The van der Waals surface area contributed by atoms with Crippen LogP contribution in [0.2, 0.25) is 0 Å². The fourth-order valence-corrected chi connectivity index (χ4v) is 2.58. The van der Waals surface area contributed by atoms with Gasteiger partial charge < -0.3 is 14.5 Å². The normalized spacial score (nSPS) is 15.7. The Hall–Kier alpha value is -1.88. The highest BCUT2D eigenvalue weighted by molar-refractivity contribution is 5.94. The zero-order chi connectivity index (χ0) is 15.2. The van der Waals surface area contributed by atoms with Crippen LogP contribution in [0.5, 0.6) is 0 Å². The first-order valence-corrected chi connectivity index (χ1v) is 7.24. The standard InChI is InChI=1S/C16H22N2O3/c1-13(19)17-7-4-8-18(10-9-17)16(20)15-6-3-5-14(11-15)12-21-2/h3,5-6,11H,4,7-10,12H2,1-2H3. The van der Waals surface area contributed by atoms with Gasteiger partial charge in [-0.25, -0.2) is 0 Å². The van der Waals surface area contributed by atoms with E-state index in [1.54, 1.807) is 18.9 Å². The average molecular weight is 290 g/mol. The molecule has 1 aromatic carbocycles. The van der Waals surface area contributed by atoms with E-state index in [1.165, 1.54) is 0 Å². The van der Waals surface area contributed by atoms with Gasteiger partial charge in [0.2, 0.25) is 5.91 Å². The van der Waals surface area contributed by atoms with Crippen LogP contribution in [0, 0.1) is 0 Å². The van der Waals surface area contributed by atoms with Gasteiger partial charge in [-0.3, -0.25) is 9.59 Å². The number of amides is 2. The first kappa shape index (κ1) is 15.5. The number of nitrogens with zero attached hydrogens (tertiary/aromatic N) is 2. The monoisotopic (exact) mass is 290 g/mol. The molecule has 0 bridgehead atoms. The van der Waals surface area contributed by atoms with Crippen molar-refractivity contribution in [2.75, 3.05) is 33.3 Å². The minimum atomic E-state index is 0.0263. The van der Waals surface area contributed by atoms with Gasteiger partial charge >= 0.3 is 0 Å². The van der Waals surface area contributed by atoms with Crippen molar-refractivity contribution in [2.24, 2.45) is 0 Å². The van der Waals surface area contributed by atoms with Gasteiger partial charge in [-0.2, -0.15) is 0 Å². The highest BCUT2D eigenvalue weighted by atomic mass is 16.5. The van der Waals surface area contributed by atoms with Gasteiger partial charge in [0.05, 0.1) is 6.61 Å². The van der Waals surface area contributed by atoms with Crippen molar-refractivity contribution in [3.8, 4) is 0 Å². The summed E-state index contributed by atoms with van der Waals surface area (Å²) in [5, 5.41) is 0. The van der Waals surface area contributed by atoms with Crippen LogP contribution in [0.4, 0.5) is 0 Å². The Bertz CT molecular complexity index is 516. The number of benzene rings is 1. The van der Waals surface area contributed by atoms with Crippen LogP contribution in [0.15, 0.2) is 24.3 Å². The van der Waals surface area contributed by atoms with Crippen LogP contribution in [0.25, 0.3) is 0 Å². The van der Waals surface area contributed by atoms with Crippen LogP contribution < -0.4 is 0 Å². The van der Waals surface area contributed by atoms with Gasteiger partial charge in [0.25, 0.3) is 5.91 Å². The SMILES string of the molecule is COCc1cccc(C(=O)N2CCCN(C(C)=O)CC2)c1. The summed E-state index contributed by atoms with van der Waals surface area (Å²) in [5.74, 6) is 0.102. The summed E-state index contributed by atoms with van der Waals surface area (Å²) in [7, 11) is 1.64. The molecule has 5 heteroatoms. The molecule has 0 spiro atoms. The molecule has 5 nitrogen and oxygen atoms in total. The molecule has 1 aliphatic rings. The van der Waals surface area contributed by atoms with Crippen molar-refractivity contribution in [2.45, 2.75) is 20.0 Å². The lowest BCUT2D eigenvalue weighted by molar-refractivity contribution is -0.128. The third kappa shape index (κ3) is 4.04. The molecule has 1 aromatic rings. The summed E-state index contributed by atoms with van der Waals surface area (Å²) >= 11 is 0. The zero-order valence-electron chi connectivity index (χ0n) is 12.7. The number of carbonyl (C=O) groups excluding carboxylic acids is 2. The topological polar surface area (TPSA) is 49.9 Å². The van der Waals surface area contributed by atoms with E-state index in [2.05, 4.69) is 0 Å². The molecule has 1 fully saturated rings.